The highest BCUT2D eigenvalue weighted by Gasteiger charge is 2.31. The molecule has 4 aromatic carbocycles. The van der Waals surface area contributed by atoms with Crippen LogP contribution in [0.3, 0.4) is 0 Å². The lowest BCUT2D eigenvalue weighted by Gasteiger charge is -2.24. The summed E-state index contributed by atoms with van der Waals surface area (Å²) in [6.07, 6.45) is 0. The summed E-state index contributed by atoms with van der Waals surface area (Å²) in [5, 5.41) is 20.7. The molecule has 2 aliphatic heterocycles. The van der Waals surface area contributed by atoms with Crippen LogP contribution in [0.1, 0.15) is 11.1 Å². The molecule has 0 bridgehead atoms. The minimum Gasteiger partial charge on any atom is -0.394 e. The van der Waals surface area contributed by atoms with Crippen molar-refractivity contribution >= 4 is 45.2 Å². The van der Waals surface area contributed by atoms with Gasteiger partial charge in [-0.25, -0.2) is 18.8 Å². The van der Waals surface area contributed by atoms with Crippen molar-refractivity contribution in [3.05, 3.63) is 132 Å². The maximum Gasteiger partial charge on any atom is 0.165 e. The molecular weight excluding hydrogens is 599 g/mol. The van der Waals surface area contributed by atoms with E-state index in [1.54, 1.807) is 59.9 Å². The van der Waals surface area contributed by atoms with Crippen molar-refractivity contribution in [1.29, 1.82) is 0 Å². The Morgan fingerprint density at radius 1 is 0.568 bits per heavy atom. The van der Waals surface area contributed by atoms with E-state index in [4.69, 9.17) is 0 Å². The first-order valence-corrected chi connectivity index (χ1v) is 16.3. The summed E-state index contributed by atoms with van der Waals surface area (Å²) in [6, 6.07) is 33.1. The van der Waals surface area contributed by atoms with Gasteiger partial charge in [-0.3, -0.25) is 0 Å². The Kier molecular flexibility index (Phi) is 11.4. The molecular formula is C34H34F2N4O2S2. The third-order valence-electron chi connectivity index (χ3n) is 7.13. The van der Waals surface area contributed by atoms with Gasteiger partial charge < -0.3 is 20.0 Å². The number of thioether (sulfide) groups is 2. The number of nitrogens with zero attached hydrogens (tertiary/aromatic N) is 4. The molecule has 0 aliphatic carbocycles. The molecule has 10 heteroatoms. The predicted molar refractivity (Wildman–Crippen MR) is 178 cm³/mol. The first-order chi connectivity index (χ1) is 21.6. The molecule has 2 atom stereocenters. The van der Waals surface area contributed by atoms with Gasteiger partial charge in [0.05, 0.1) is 25.3 Å². The van der Waals surface area contributed by atoms with Gasteiger partial charge in [0, 0.05) is 24.6 Å². The van der Waals surface area contributed by atoms with E-state index in [2.05, 4.69) is 9.98 Å². The van der Waals surface area contributed by atoms with Gasteiger partial charge in [0.15, 0.2) is 10.3 Å². The fourth-order valence-electron chi connectivity index (χ4n) is 4.74. The topological polar surface area (TPSA) is 71.7 Å². The van der Waals surface area contributed by atoms with Crippen molar-refractivity contribution in [3.63, 3.8) is 0 Å². The maximum atomic E-state index is 13.8. The van der Waals surface area contributed by atoms with Crippen LogP contribution in [0, 0.1) is 11.6 Å². The second-order valence-electron chi connectivity index (χ2n) is 10.2. The lowest BCUT2D eigenvalue weighted by atomic mass is 10.2. The van der Waals surface area contributed by atoms with Gasteiger partial charge in [-0.15, -0.1) is 0 Å². The number of hydrogen-bond donors (Lipinski definition) is 2. The van der Waals surface area contributed by atoms with Crippen LogP contribution in [0.4, 0.5) is 20.2 Å². The van der Waals surface area contributed by atoms with Gasteiger partial charge in [0.25, 0.3) is 0 Å². The lowest BCUT2D eigenvalue weighted by molar-refractivity contribution is 0.197. The molecule has 0 radical (unpaired) electrons. The molecule has 4 aromatic rings. The van der Waals surface area contributed by atoms with E-state index < -0.39 is 0 Å². The Hall–Kier alpha value is -3.70. The molecule has 6 rings (SSSR count). The second kappa shape index (κ2) is 15.9. The highest BCUT2D eigenvalue weighted by molar-refractivity contribution is 8.14. The van der Waals surface area contributed by atoms with Crippen LogP contribution in [0.2, 0.25) is 0 Å². The smallest absolute Gasteiger partial charge is 0.165 e. The van der Waals surface area contributed by atoms with Crippen LogP contribution < -0.4 is 0 Å². The van der Waals surface area contributed by atoms with Gasteiger partial charge in [-0.2, -0.15) is 0 Å². The number of rotatable bonds is 8. The number of halogens is 2. The van der Waals surface area contributed by atoms with Crippen LogP contribution in [0.15, 0.2) is 119 Å². The zero-order chi connectivity index (χ0) is 30.7. The predicted octanol–water partition coefficient (Wildman–Crippen LogP) is 6.85. The fourth-order valence-corrected chi connectivity index (χ4v) is 7.08. The van der Waals surface area contributed by atoms with Crippen molar-refractivity contribution in [2.24, 2.45) is 9.98 Å². The van der Waals surface area contributed by atoms with Crippen LogP contribution in [0.5, 0.6) is 0 Å². The number of para-hydroxylation sites is 2. The average Bonchev–Trinajstić information content (AvgIpc) is 3.63. The van der Waals surface area contributed by atoms with Crippen LogP contribution in [-0.2, 0) is 13.1 Å². The van der Waals surface area contributed by atoms with Gasteiger partial charge in [0.1, 0.15) is 23.0 Å². The number of benzene rings is 4. The van der Waals surface area contributed by atoms with Gasteiger partial charge in [0.2, 0.25) is 0 Å². The van der Waals surface area contributed by atoms with Crippen molar-refractivity contribution in [1.82, 2.24) is 9.80 Å². The third kappa shape index (κ3) is 8.26. The normalized spacial score (nSPS) is 19.8. The molecule has 0 saturated carbocycles. The molecule has 0 amide bonds. The number of amidine groups is 2. The van der Waals surface area contributed by atoms with E-state index in [1.165, 1.54) is 12.1 Å². The summed E-state index contributed by atoms with van der Waals surface area (Å²) in [4.78, 5) is 13.0. The monoisotopic (exact) mass is 632 g/mol. The summed E-state index contributed by atoms with van der Waals surface area (Å²) in [7, 11) is 0. The zero-order valence-electron chi connectivity index (χ0n) is 24.0. The first kappa shape index (κ1) is 31.7. The van der Waals surface area contributed by atoms with E-state index >= 15 is 0 Å². The average molecular weight is 633 g/mol. The highest BCUT2D eigenvalue weighted by Crippen LogP contribution is 2.31. The van der Waals surface area contributed by atoms with Crippen LogP contribution >= 0.6 is 23.5 Å². The van der Waals surface area contributed by atoms with Crippen molar-refractivity contribution in [3.8, 4) is 0 Å². The third-order valence-corrected chi connectivity index (χ3v) is 9.40. The van der Waals surface area contributed by atoms with E-state index in [0.717, 1.165) is 33.0 Å². The molecule has 0 aromatic heterocycles. The standard InChI is InChI=1S/2C17H17FN2OS/c2*18-15-8-4-5-9-16(15)19-17-20(14(11-21)12-22-17)10-13-6-2-1-3-7-13/h2*1-9,14,21H,10-12H2/t2*14-/m00/s1. The van der Waals surface area contributed by atoms with E-state index in [-0.39, 0.29) is 36.9 Å². The van der Waals surface area contributed by atoms with E-state index in [0.29, 0.717) is 24.5 Å². The van der Waals surface area contributed by atoms with Crippen LogP contribution in [-0.4, -0.2) is 67.2 Å². The highest BCUT2D eigenvalue weighted by atomic mass is 32.2. The molecule has 44 heavy (non-hydrogen) atoms. The molecule has 2 N–H and O–H groups in total. The number of hydrogen-bond acceptors (Lipinski definition) is 6. The first-order valence-electron chi connectivity index (χ1n) is 14.3. The quantitative estimate of drug-likeness (QED) is 0.222. The molecule has 0 spiro atoms. The lowest BCUT2D eigenvalue weighted by Crippen LogP contribution is -2.35. The van der Waals surface area contributed by atoms with Crippen molar-refractivity contribution < 1.29 is 19.0 Å². The summed E-state index contributed by atoms with van der Waals surface area (Å²) < 4.78 is 27.6. The molecule has 6 nitrogen and oxygen atoms in total. The Balaban J connectivity index is 0.000000175. The number of aliphatic imine (C=N–C) groups is 2. The van der Waals surface area contributed by atoms with Gasteiger partial charge in [-0.1, -0.05) is 108 Å². The van der Waals surface area contributed by atoms with Crippen molar-refractivity contribution in [2.75, 3.05) is 24.7 Å². The minimum absolute atomic E-state index is 0.00993. The van der Waals surface area contributed by atoms with Gasteiger partial charge in [-0.05, 0) is 35.4 Å². The summed E-state index contributed by atoms with van der Waals surface area (Å²) in [5.41, 5.74) is 2.96. The Bertz CT molecular complexity index is 1440. The molecule has 2 heterocycles. The van der Waals surface area contributed by atoms with Crippen molar-refractivity contribution in [2.45, 2.75) is 25.2 Å². The zero-order valence-corrected chi connectivity index (χ0v) is 25.7. The number of aliphatic hydroxyl groups is 2. The Morgan fingerprint density at radius 3 is 1.30 bits per heavy atom. The summed E-state index contributed by atoms with van der Waals surface area (Å²) in [5.74, 6) is 0.859. The van der Waals surface area contributed by atoms with E-state index in [1.807, 2.05) is 70.5 Å². The van der Waals surface area contributed by atoms with E-state index in [9.17, 15) is 19.0 Å². The maximum absolute atomic E-state index is 13.8. The molecule has 2 fully saturated rings. The largest absolute Gasteiger partial charge is 0.394 e. The molecule has 0 unspecified atom stereocenters. The summed E-state index contributed by atoms with van der Waals surface area (Å²) in [6.45, 7) is 1.45. The molecule has 2 aliphatic rings. The molecule has 228 valence electrons. The second-order valence-corrected chi connectivity index (χ2v) is 12.2. The Labute approximate surface area is 265 Å². The SMILES string of the molecule is OC[C@H]1CSC(=Nc2ccccc2F)N1Cc1ccccc1.OC[C@H]1CSC(=Nc2ccccc2F)N1Cc1ccccc1. The van der Waals surface area contributed by atoms with Crippen LogP contribution in [0.25, 0.3) is 0 Å². The number of aliphatic hydroxyl groups excluding tert-OH is 2. The fraction of sp³-hybridized carbons (Fsp3) is 0.235. The summed E-state index contributed by atoms with van der Waals surface area (Å²) >= 11 is 3.11. The molecule has 2 saturated heterocycles. The van der Waals surface area contributed by atoms with Gasteiger partial charge >= 0.3 is 0 Å². The minimum atomic E-state index is -0.331. The Morgan fingerprint density at radius 2 is 0.932 bits per heavy atom.